The number of ether oxygens (including phenoxy) is 1. The van der Waals surface area contributed by atoms with Crippen molar-refractivity contribution >= 4 is 21.9 Å². The van der Waals surface area contributed by atoms with Gasteiger partial charge in [0.2, 0.25) is 15.9 Å². The number of rotatable bonds is 8. The van der Waals surface area contributed by atoms with Gasteiger partial charge in [0.05, 0.1) is 18.9 Å². The van der Waals surface area contributed by atoms with Crippen molar-refractivity contribution in [1.82, 2.24) is 10.0 Å². The van der Waals surface area contributed by atoms with E-state index in [1.165, 1.54) is 14.0 Å². The fourth-order valence-electron chi connectivity index (χ4n) is 1.55. The molecule has 0 aromatic heterocycles. The van der Waals surface area contributed by atoms with Crippen LogP contribution in [0.3, 0.4) is 0 Å². The van der Waals surface area contributed by atoms with Crippen LogP contribution < -0.4 is 10.0 Å². The third-order valence-corrected chi connectivity index (χ3v) is 4.30. The summed E-state index contributed by atoms with van der Waals surface area (Å²) >= 11 is 0. The van der Waals surface area contributed by atoms with Gasteiger partial charge >= 0.3 is 5.97 Å². The zero-order chi connectivity index (χ0) is 15.9. The number of amides is 1. The molecule has 7 nitrogen and oxygen atoms in total. The Morgan fingerprint density at radius 2 is 1.75 bits per heavy atom. The van der Waals surface area contributed by atoms with Crippen molar-refractivity contribution in [3.05, 3.63) is 0 Å². The summed E-state index contributed by atoms with van der Waals surface area (Å²) in [7, 11) is -2.25. The summed E-state index contributed by atoms with van der Waals surface area (Å²) in [6.07, 6.45) is 0.459. The molecule has 8 heteroatoms. The van der Waals surface area contributed by atoms with Crippen molar-refractivity contribution in [3.8, 4) is 0 Å². The van der Waals surface area contributed by atoms with Gasteiger partial charge in [-0.15, -0.1) is 0 Å². The first-order valence-electron chi connectivity index (χ1n) is 6.52. The maximum Gasteiger partial charge on any atom is 0.328 e. The van der Waals surface area contributed by atoms with Crippen LogP contribution in [0.1, 0.15) is 34.1 Å². The lowest BCUT2D eigenvalue weighted by atomic mass is 10.0. The van der Waals surface area contributed by atoms with Gasteiger partial charge in [-0.3, -0.25) is 4.79 Å². The van der Waals surface area contributed by atoms with Crippen LogP contribution in [0.2, 0.25) is 0 Å². The molecule has 0 aliphatic carbocycles. The molecule has 2 atom stereocenters. The Morgan fingerprint density at radius 1 is 1.20 bits per heavy atom. The van der Waals surface area contributed by atoms with E-state index in [9.17, 15) is 18.0 Å². The molecule has 0 radical (unpaired) electrons. The highest BCUT2D eigenvalue weighted by Crippen LogP contribution is 2.04. The molecule has 0 heterocycles. The summed E-state index contributed by atoms with van der Waals surface area (Å²) in [6, 6.07) is -1.75. The summed E-state index contributed by atoms with van der Waals surface area (Å²) in [4.78, 5) is 23.4. The van der Waals surface area contributed by atoms with Crippen LogP contribution >= 0.6 is 0 Å². The second-order valence-electron chi connectivity index (χ2n) is 4.91. The Morgan fingerprint density at radius 3 is 2.15 bits per heavy atom. The van der Waals surface area contributed by atoms with Crippen LogP contribution in [0.15, 0.2) is 0 Å². The van der Waals surface area contributed by atoms with Gasteiger partial charge in [0.25, 0.3) is 0 Å². The summed E-state index contributed by atoms with van der Waals surface area (Å²) in [5, 5.41) is 2.49. The van der Waals surface area contributed by atoms with Gasteiger partial charge in [-0.2, -0.15) is 0 Å². The van der Waals surface area contributed by atoms with Crippen LogP contribution in [0.25, 0.3) is 0 Å². The van der Waals surface area contributed by atoms with Crippen LogP contribution in [-0.2, 0) is 24.3 Å². The molecule has 0 aliphatic heterocycles. The monoisotopic (exact) mass is 308 g/mol. The molecule has 0 fully saturated rings. The first-order valence-corrected chi connectivity index (χ1v) is 8.18. The number of hydrogen-bond acceptors (Lipinski definition) is 5. The fraction of sp³-hybridized carbons (Fsp3) is 0.833. The fourth-order valence-corrected chi connectivity index (χ4v) is 2.85. The van der Waals surface area contributed by atoms with E-state index in [2.05, 4.69) is 14.8 Å². The standard InChI is InChI=1S/C12H24N2O5S/c1-6-7-20(17,18)14-9(4)11(15)13-10(8(2)3)12(16)19-5/h8-10,14H,6-7H2,1-5H3,(H,13,15). The smallest absolute Gasteiger partial charge is 0.328 e. The predicted octanol–water partition coefficient (Wildman–Crippen LogP) is 0.0181. The van der Waals surface area contributed by atoms with E-state index in [4.69, 9.17) is 0 Å². The van der Waals surface area contributed by atoms with Gasteiger partial charge < -0.3 is 10.1 Å². The number of sulfonamides is 1. The maximum atomic E-state index is 11.9. The molecule has 0 saturated carbocycles. The van der Waals surface area contributed by atoms with Gasteiger partial charge in [-0.05, 0) is 19.3 Å². The van der Waals surface area contributed by atoms with E-state index in [-0.39, 0.29) is 11.7 Å². The highest BCUT2D eigenvalue weighted by Gasteiger charge is 2.28. The molecule has 20 heavy (non-hydrogen) atoms. The summed E-state index contributed by atoms with van der Waals surface area (Å²) in [5.41, 5.74) is 0. The molecular formula is C12H24N2O5S. The van der Waals surface area contributed by atoms with Gasteiger partial charge in [0.1, 0.15) is 6.04 Å². The highest BCUT2D eigenvalue weighted by atomic mass is 32.2. The van der Waals surface area contributed by atoms with Crippen LogP contribution in [0, 0.1) is 5.92 Å². The third-order valence-electron chi connectivity index (χ3n) is 2.64. The first kappa shape index (κ1) is 18.9. The van der Waals surface area contributed by atoms with Crippen molar-refractivity contribution in [2.24, 2.45) is 5.92 Å². The number of carbonyl (C=O) groups is 2. The van der Waals surface area contributed by atoms with Crippen molar-refractivity contribution in [1.29, 1.82) is 0 Å². The minimum absolute atomic E-state index is 0.0464. The lowest BCUT2D eigenvalue weighted by Gasteiger charge is -2.22. The largest absolute Gasteiger partial charge is 0.467 e. The molecule has 0 saturated heterocycles. The number of nitrogens with one attached hydrogen (secondary N) is 2. The molecule has 0 aliphatic rings. The van der Waals surface area contributed by atoms with Crippen LogP contribution in [0.4, 0.5) is 0 Å². The minimum Gasteiger partial charge on any atom is -0.467 e. The maximum absolute atomic E-state index is 11.9. The van der Waals surface area contributed by atoms with E-state index < -0.39 is 34.0 Å². The molecule has 0 spiro atoms. The third kappa shape index (κ3) is 6.33. The quantitative estimate of drug-likeness (QED) is 0.615. The Hall–Kier alpha value is -1.15. The minimum atomic E-state index is -3.48. The van der Waals surface area contributed by atoms with Crippen molar-refractivity contribution < 1.29 is 22.7 Å². The molecule has 1 amide bonds. The van der Waals surface area contributed by atoms with E-state index in [0.717, 1.165) is 0 Å². The van der Waals surface area contributed by atoms with Crippen LogP contribution in [-0.4, -0.2) is 45.2 Å². The highest BCUT2D eigenvalue weighted by molar-refractivity contribution is 7.89. The van der Waals surface area contributed by atoms with Crippen molar-refractivity contribution in [2.75, 3.05) is 12.9 Å². The summed E-state index contributed by atoms with van der Waals surface area (Å²) < 4.78 is 30.0. The Balaban J connectivity index is 4.70. The van der Waals surface area contributed by atoms with E-state index >= 15 is 0 Å². The first-order chi connectivity index (χ1) is 9.14. The van der Waals surface area contributed by atoms with Crippen LogP contribution in [0.5, 0.6) is 0 Å². The number of carbonyl (C=O) groups excluding carboxylic acids is 2. The molecule has 2 unspecified atom stereocenters. The second-order valence-corrected chi connectivity index (χ2v) is 6.79. The Labute approximate surface area is 120 Å². The number of hydrogen-bond donors (Lipinski definition) is 2. The van der Waals surface area contributed by atoms with Gasteiger partial charge in [0.15, 0.2) is 0 Å². The summed E-state index contributed by atoms with van der Waals surface area (Å²) in [5.74, 6) is -1.33. The molecule has 0 bridgehead atoms. The molecular weight excluding hydrogens is 284 g/mol. The predicted molar refractivity (Wildman–Crippen MR) is 75.5 cm³/mol. The molecule has 0 rings (SSSR count). The number of esters is 1. The van der Waals surface area contributed by atoms with Crippen molar-refractivity contribution in [2.45, 2.75) is 46.2 Å². The average Bonchev–Trinajstić information content (AvgIpc) is 2.33. The second kappa shape index (κ2) is 8.21. The average molecular weight is 308 g/mol. The van der Waals surface area contributed by atoms with E-state index in [1.807, 2.05) is 0 Å². The van der Waals surface area contributed by atoms with E-state index in [1.54, 1.807) is 20.8 Å². The zero-order valence-corrected chi connectivity index (χ0v) is 13.4. The molecule has 2 N–H and O–H groups in total. The Bertz CT molecular complexity index is 433. The Kier molecular flexibility index (Phi) is 7.74. The lowest BCUT2D eigenvalue weighted by molar-refractivity contribution is -0.146. The molecule has 0 aromatic carbocycles. The van der Waals surface area contributed by atoms with E-state index in [0.29, 0.717) is 6.42 Å². The normalized spacial score (nSPS) is 14.7. The van der Waals surface area contributed by atoms with Crippen molar-refractivity contribution in [3.63, 3.8) is 0 Å². The zero-order valence-electron chi connectivity index (χ0n) is 12.6. The van der Waals surface area contributed by atoms with Gasteiger partial charge in [0, 0.05) is 0 Å². The number of methoxy groups -OCH3 is 1. The topological polar surface area (TPSA) is 102 Å². The summed E-state index contributed by atoms with van der Waals surface area (Å²) in [6.45, 7) is 6.68. The SMILES string of the molecule is CCCS(=O)(=O)NC(C)C(=O)NC(C(=O)OC)C(C)C. The lowest BCUT2D eigenvalue weighted by Crippen LogP contribution is -2.52. The molecule has 0 aromatic rings. The van der Waals surface area contributed by atoms with Gasteiger partial charge in [-0.1, -0.05) is 20.8 Å². The molecule has 118 valence electrons. The van der Waals surface area contributed by atoms with Gasteiger partial charge in [-0.25, -0.2) is 17.9 Å².